The van der Waals surface area contributed by atoms with Crippen LogP contribution in [0.25, 0.3) is 0 Å². The van der Waals surface area contributed by atoms with Crippen LogP contribution in [0.3, 0.4) is 0 Å². The van der Waals surface area contributed by atoms with Gasteiger partial charge in [0.25, 0.3) is 0 Å². The Morgan fingerprint density at radius 1 is 1.14 bits per heavy atom. The minimum absolute atomic E-state index is 0.0764. The first-order chi connectivity index (χ1) is 6.60. The average Bonchev–Trinajstić information content (AvgIpc) is 2.00. The molecule has 2 rings (SSSR count). The second-order valence-electron chi connectivity index (χ2n) is 3.25. The molecule has 0 aliphatic carbocycles. The van der Waals surface area contributed by atoms with E-state index in [4.69, 9.17) is 5.11 Å². The van der Waals surface area contributed by atoms with E-state index in [1.165, 1.54) is 28.6 Å². The predicted octanol–water partition coefficient (Wildman–Crippen LogP) is 0.787. The van der Waals surface area contributed by atoms with E-state index in [1.807, 2.05) is 0 Å². The fourth-order valence-corrected chi connectivity index (χ4v) is 2.81. The third-order valence-corrected chi connectivity index (χ3v) is 4.20. The Labute approximate surface area is 82.8 Å². The van der Waals surface area contributed by atoms with Crippen molar-refractivity contribution in [3.05, 3.63) is 24.3 Å². The van der Waals surface area contributed by atoms with Gasteiger partial charge in [0.2, 0.25) is 10.0 Å². The smallest absolute Gasteiger partial charge is 0.243 e. The molecule has 1 aromatic rings. The van der Waals surface area contributed by atoms with Gasteiger partial charge in [-0.3, -0.25) is 0 Å². The quantitative estimate of drug-likeness (QED) is 0.790. The molecule has 0 saturated carbocycles. The van der Waals surface area contributed by atoms with Crippen LogP contribution < -0.4 is 0 Å². The number of phenols is 1. The molecule has 1 aromatic carbocycles. The van der Waals surface area contributed by atoms with Crippen LogP contribution in [-0.2, 0) is 10.0 Å². The molecule has 1 heterocycles. The maximum atomic E-state index is 11.8. The third kappa shape index (κ3) is 1.49. The van der Waals surface area contributed by atoms with Crippen LogP contribution in [0.15, 0.2) is 29.2 Å². The summed E-state index contributed by atoms with van der Waals surface area (Å²) in [5.74, 6) is 0.0764. The Kier molecular flexibility index (Phi) is 2.20. The van der Waals surface area contributed by atoms with Crippen molar-refractivity contribution in [3.63, 3.8) is 0 Å². The highest BCUT2D eigenvalue weighted by molar-refractivity contribution is 7.89. The van der Waals surface area contributed by atoms with Crippen LogP contribution in [0.5, 0.6) is 5.75 Å². The zero-order chi connectivity index (χ0) is 10.2. The van der Waals surface area contributed by atoms with Gasteiger partial charge in [-0.15, -0.1) is 0 Å². The normalized spacial score (nSPS) is 17.7. The Morgan fingerprint density at radius 3 is 2.14 bits per heavy atom. The van der Waals surface area contributed by atoms with Crippen molar-refractivity contribution in [2.24, 2.45) is 0 Å². The van der Waals surface area contributed by atoms with Crippen molar-refractivity contribution in [1.29, 1.82) is 0 Å². The van der Waals surface area contributed by atoms with Gasteiger partial charge in [0.1, 0.15) is 5.75 Å². The van der Waals surface area contributed by atoms with Crippen LogP contribution in [0.2, 0.25) is 0 Å². The molecular weight excluding hydrogens is 202 g/mol. The number of phenolic OH excluding ortho intramolecular Hbond substituents is 1. The first kappa shape index (κ1) is 9.48. The minimum atomic E-state index is -3.30. The predicted molar refractivity (Wildman–Crippen MR) is 51.5 cm³/mol. The number of benzene rings is 1. The first-order valence-corrected chi connectivity index (χ1v) is 5.84. The number of rotatable bonds is 2. The van der Waals surface area contributed by atoms with E-state index < -0.39 is 10.0 Å². The van der Waals surface area contributed by atoms with Crippen LogP contribution in [0.1, 0.15) is 6.42 Å². The molecule has 76 valence electrons. The zero-order valence-corrected chi connectivity index (χ0v) is 8.37. The van der Waals surface area contributed by atoms with Crippen molar-refractivity contribution in [1.82, 2.24) is 4.31 Å². The molecule has 1 fully saturated rings. The van der Waals surface area contributed by atoms with Crippen LogP contribution in [-0.4, -0.2) is 30.9 Å². The molecule has 14 heavy (non-hydrogen) atoms. The number of hydrogen-bond acceptors (Lipinski definition) is 3. The summed E-state index contributed by atoms with van der Waals surface area (Å²) in [7, 11) is -3.30. The van der Waals surface area contributed by atoms with Crippen LogP contribution >= 0.6 is 0 Å². The second-order valence-corrected chi connectivity index (χ2v) is 5.19. The lowest BCUT2D eigenvalue weighted by atomic mass is 10.3. The molecule has 0 radical (unpaired) electrons. The molecule has 1 N–H and O–H groups in total. The molecule has 5 heteroatoms. The van der Waals surface area contributed by atoms with Crippen molar-refractivity contribution in [2.45, 2.75) is 11.3 Å². The van der Waals surface area contributed by atoms with Gasteiger partial charge in [-0.1, -0.05) is 0 Å². The van der Waals surface area contributed by atoms with E-state index in [9.17, 15) is 8.42 Å². The maximum Gasteiger partial charge on any atom is 0.243 e. The molecule has 0 atom stereocenters. The maximum absolute atomic E-state index is 11.8. The lowest BCUT2D eigenvalue weighted by Crippen LogP contribution is -2.41. The van der Waals surface area contributed by atoms with E-state index >= 15 is 0 Å². The van der Waals surface area contributed by atoms with E-state index in [1.54, 1.807) is 0 Å². The minimum Gasteiger partial charge on any atom is -0.508 e. The highest BCUT2D eigenvalue weighted by Gasteiger charge is 2.28. The molecule has 0 unspecified atom stereocenters. The fourth-order valence-electron chi connectivity index (χ4n) is 1.29. The van der Waals surface area contributed by atoms with Gasteiger partial charge in [-0.2, -0.15) is 4.31 Å². The Balaban J connectivity index is 2.34. The van der Waals surface area contributed by atoms with Gasteiger partial charge in [0, 0.05) is 13.1 Å². The summed E-state index contributed by atoms with van der Waals surface area (Å²) in [6.07, 6.45) is 0.928. The van der Waals surface area contributed by atoms with E-state index in [0.717, 1.165) is 6.42 Å². The van der Waals surface area contributed by atoms with Crippen molar-refractivity contribution in [2.75, 3.05) is 13.1 Å². The summed E-state index contributed by atoms with van der Waals surface area (Å²) in [5, 5.41) is 9.02. The largest absolute Gasteiger partial charge is 0.508 e. The summed E-state index contributed by atoms with van der Waals surface area (Å²) in [4.78, 5) is 0.245. The molecule has 1 aliphatic rings. The van der Waals surface area contributed by atoms with Gasteiger partial charge in [-0.05, 0) is 30.7 Å². The highest BCUT2D eigenvalue weighted by atomic mass is 32.2. The van der Waals surface area contributed by atoms with Gasteiger partial charge < -0.3 is 5.11 Å². The van der Waals surface area contributed by atoms with E-state index in [0.29, 0.717) is 13.1 Å². The zero-order valence-electron chi connectivity index (χ0n) is 7.55. The molecule has 0 spiro atoms. The summed E-state index contributed by atoms with van der Waals surface area (Å²) < 4.78 is 25.0. The van der Waals surface area contributed by atoms with Crippen molar-refractivity contribution in [3.8, 4) is 5.75 Å². The van der Waals surface area contributed by atoms with Crippen molar-refractivity contribution >= 4 is 10.0 Å². The SMILES string of the molecule is O=S(=O)(c1ccc(O)cc1)N1CCC1. The van der Waals surface area contributed by atoms with Crippen LogP contribution in [0, 0.1) is 0 Å². The molecular formula is C9H11NO3S. The van der Waals surface area contributed by atoms with Gasteiger partial charge in [-0.25, -0.2) is 8.42 Å². The summed E-state index contributed by atoms with van der Waals surface area (Å²) in [6.45, 7) is 1.20. The van der Waals surface area contributed by atoms with Crippen LogP contribution in [0.4, 0.5) is 0 Å². The van der Waals surface area contributed by atoms with E-state index in [-0.39, 0.29) is 10.6 Å². The third-order valence-electron chi connectivity index (χ3n) is 2.29. The fraction of sp³-hybridized carbons (Fsp3) is 0.333. The second kappa shape index (κ2) is 3.25. The Bertz CT molecular complexity index is 420. The summed E-state index contributed by atoms with van der Waals surface area (Å²) in [6, 6.07) is 5.60. The molecule has 0 bridgehead atoms. The standard InChI is InChI=1S/C9H11NO3S/c11-8-2-4-9(5-3-8)14(12,13)10-6-1-7-10/h2-5,11H,1,6-7H2. The molecule has 0 amide bonds. The van der Waals surface area contributed by atoms with Gasteiger partial charge in [0.15, 0.2) is 0 Å². The Morgan fingerprint density at radius 2 is 1.71 bits per heavy atom. The molecule has 0 aromatic heterocycles. The number of nitrogens with zero attached hydrogens (tertiary/aromatic N) is 1. The van der Waals surface area contributed by atoms with Crippen molar-refractivity contribution < 1.29 is 13.5 Å². The number of hydrogen-bond donors (Lipinski definition) is 1. The number of aromatic hydroxyl groups is 1. The highest BCUT2D eigenvalue weighted by Crippen LogP contribution is 2.22. The molecule has 4 nitrogen and oxygen atoms in total. The lowest BCUT2D eigenvalue weighted by molar-refractivity contribution is 0.309. The monoisotopic (exact) mass is 213 g/mol. The molecule has 1 aliphatic heterocycles. The average molecular weight is 213 g/mol. The topological polar surface area (TPSA) is 57.6 Å². The van der Waals surface area contributed by atoms with E-state index in [2.05, 4.69) is 0 Å². The van der Waals surface area contributed by atoms with Gasteiger partial charge in [0.05, 0.1) is 4.90 Å². The number of sulfonamides is 1. The molecule has 1 saturated heterocycles. The summed E-state index contributed by atoms with van der Waals surface area (Å²) >= 11 is 0. The first-order valence-electron chi connectivity index (χ1n) is 4.40. The lowest BCUT2D eigenvalue weighted by Gasteiger charge is -2.29. The Hall–Kier alpha value is -1.07. The van der Waals surface area contributed by atoms with Gasteiger partial charge >= 0.3 is 0 Å². The summed E-state index contributed by atoms with van der Waals surface area (Å²) in [5.41, 5.74) is 0.